The van der Waals surface area contributed by atoms with Gasteiger partial charge in [0.25, 0.3) is 0 Å². The van der Waals surface area contributed by atoms with Crippen molar-refractivity contribution in [2.24, 2.45) is 0 Å². The van der Waals surface area contributed by atoms with Crippen LogP contribution in [-0.2, 0) is 56.8 Å². The van der Waals surface area contributed by atoms with Crippen molar-refractivity contribution in [3.63, 3.8) is 0 Å². The molecule has 1 aliphatic heterocycles. The predicted molar refractivity (Wildman–Crippen MR) is 174 cm³/mol. The van der Waals surface area contributed by atoms with E-state index in [1.807, 2.05) is 20.8 Å². The van der Waals surface area contributed by atoms with Gasteiger partial charge in [-0.1, -0.05) is 0 Å². The molecule has 1 aliphatic rings. The molecule has 0 saturated carbocycles. The van der Waals surface area contributed by atoms with Gasteiger partial charge in [0.1, 0.15) is 5.60 Å². The highest BCUT2D eigenvalue weighted by Gasteiger charge is 2.15. The van der Waals surface area contributed by atoms with Gasteiger partial charge in [-0.25, -0.2) is 4.79 Å². The molecule has 15 heteroatoms. The third kappa shape index (κ3) is 34.5. The Morgan fingerprint density at radius 3 is 1.13 bits per heavy atom. The fourth-order valence-corrected chi connectivity index (χ4v) is 3.86. The zero-order valence-electron chi connectivity index (χ0n) is 29.3. The molecule has 1 heterocycles. The highest BCUT2D eigenvalue weighted by Crippen LogP contribution is 2.07. The molecular weight excluding hydrogens is 620 g/mol. The molecule has 1 rings (SSSR count). The Morgan fingerprint density at radius 2 is 0.809 bits per heavy atom. The lowest BCUT2D eigenvalue weighted by Gasteiger charge is -2.22. The van der Waals surface area contributed by atoms with E-state index in [4.69, 9.17) is 56.8 Å². The van der Waals surface area contributed by atoms with E-state index < -0.39 is 11.7 Å². The molecule has 0 bridgehead atoms. The molecular formula is C32H64N2O13. The Kier molecular flexibility index (Phi) is 31.0. The predicted octanol–water partition coefficient (Wildman–Crippen LogP) is 1.45. The minimum Gasteiger partial charge on any atom is -0.444 e. The molecule has 15 nitrogen and oxygen atoms in total. The van der Waals surface area contributed by atoms with E-state index in [1.165, 1.54) is 0 Å². The van der Waals surface area contributed by atoms with E-state index in [0.29, 0.717) is 151 Å². The lowest BCUT2D eigenvalue weighted by atomic mass is 10.1. The normalized spacial score (nSPS) is 14.1. The Labute approximate surface area is 282 Å². The second-order valence-electron chi connectivity index (χ2n) is 11.4. The minimum absolute atomic E-state index is 0.368. The maximum atomic E-state index is 11.5. The summed E-state index contributed by atoms with van der Waals surface area (Å²) in [5.41, 5.74) is -0.510. The molecule has 1 saturated heterocycles. The van der Waals surface area contributed by atoms with Crippen LogP contribution in [0.25, 0.3) is 0 Å². The first kappa shape index (κ1) is 43.8. The molecule has 0 spiro atoms. The van der Waals surface area contributed by atoms with Crippen LogP contribution in [0.4, 0.5) is 4.79 Å². The number of piperidine rings is 1. The van der Waals surface area contributed by atoms with Gasteiger partial charge in [0, 0.05) is 6.54 Å². The fourth-order valence-electron chi connectivity index (χ4n) is 3.86. The number of nitrogens with one attached hydrogen (secondary N) is 2. The van der Waals surface area contributed by atoms with Crippen molar-refractivity contribution in [1.29, 1.82) is 0 Å². The van der Waals surface area contributed by atoms with Gasteiger partial charge in [-0.3, -0.25) is 0 Å². The summed E-state index contributed by atoms with van der Waals surface area (Å²) in [6.07, 6.45) is 2.07. The van der Waals surface area contributed by atoms with Gasteiger partial charge >= 0.3 is 6.09 Å². The Morgan fingerprint density at radius 1 is 0.511 bits per heavy atom. The quantitative estimate of drug-likeness (QED) is 0.0941. The fraction of sp³-hybridized carbons (Fsp3) is 0.969. The van der Waals surface area contributed by atoms with Crippen LogP contribution in [0.3, 0.4) is 0 Å². The molecule has 47 heavy (non-hydrogen) atoms. The minimum atomic E-state index is -0.510. The molecule has 0 aliphatic carbocycles. The van der Waals surface area contributed by atoms with Crippen LogP contribution < -0.4 is 10.6 Å². The Balaban J connectivity index is 1.62. The Hall–Kier alpha value is -1.21. The average molecular weight is 685 g/mol. The van der Waals surface area contributed by atoms with E-state index in [0.717, 1.165) is 25.9 Å². The SMILES string of the molecule is CC(C)(C)OC(=O)NCCOCCOCCOCCOCCOCCOCCOCCOCCOCCOCCOC1CCNCC1. The van der Waals surface area contributed by atoms with Gasteiger partial charge in [-0.05, 0) is 46.7 Å². The van der Waals surface area contributed by atoms with Crippen molar-refractivity contribution in [2.45, 2.75) is 45.3 Å². The van der Waals surface area contributed by atoms with Crippen molar-refractivity contribution >= 4 is 6.09 Å². The number of carbonyl (C=O) groups excluding carboxylic acids is 1. The van der Waals surface area contributed by atoms with Gasteiger partial charge < -0.3 is 67.5 Å². The molecule has 0 aromatic heterocycles. The second-order valence-corrected chi connectivity index (χ2v) is 11.4. The van der Waals surface area contributed by atoms with Crippen LogP contribution >= 0.6 is 0 Å². The number of ether oxygens (including phenoxy) is 12. The van der Waals surface area contributed by atoms with Gasteiger partial charge in [0.05, 0.1) is 145 Å². The maximum absolute atomic E-state index is 11.5. The molecule has 0 radical (unpaired) electrons. The standard InChI is InChI=1S/C32H64N2O13/c1-32(2,3)47-31(35)34-8-9-36-10-11-37-12-13-38-14-15-39-16-17-40-18-19-41-20-21-42-22-23-43-24-25-44-26-27-45-28-29-46-30-4-6-33-7-5-30/h30,33H,4-29H2,1-3H3,(H,34,35). The molecule has 280 valence electrons. The number of amides is 1. The smallest absolute Gasteiger partial charge is 0.407 e. The van der Waals surface area contributed by atoms with Crippen LogP contribution in [0.15, 0.2) is 0 Å². The average Bonchev–Trinajstić information content (AvgIpc) is 3.04. The van der Waals surface area contributed by atoms with Crippen molar-refractivity contribution in [2.75, 3.05) is 158 Å². The molecule has 0 unspecified atom stereocenters. The highest BCUT2D eigenvalue weighted by molar-refractivity contribution is 5.67. The number of rotatable bonds is 34. The number of carbonyl (C=O) groups is 1. The van der Waals surface area contributed by atoms with Crippen LogP contribution in [-0.4, -0.2) is 176 Å². The molecule has 1 fully saturated rings. The van der Waals surface area contributed by atoms with Crippen LogP contribution in [0.1, 0.15) is 33.6 Å². The molecule has 0 atom stereocenters. The monoisotopic (exact) mass is 684 g/mol. The summed E-state index contributed by atoms with van der Waals surface area (Å²) in [6.45, 7) is 18.6. The summed E-state index contributed by atoms with van der Waals surface area (Å²) in [4.78, 5) is 11.5. The lowest BCUT2D eigenvalue weighted by molar-refractivity contribution is -0.0324. The first-order valence-corrected chi connectivity index (χ1v) is 17.0. The maximum Gasteiger partial charge on any atom is 0.407 e. The summed E-state index contributed by atoms with van der Waals surface area (Å²) in [5.74, 6) is 0. The van der Waals surface area contributed by atoms with Gasteiger partial charge in [0.2, 0.25) is 0 Å². The number of hydrogen-bond donors (Lipinski definition) is 2. The third-order valence-electron chi connectivity index (χ3n) is 6.13. The van der Waals surface area contributed by atoms with Crippen LogP contribution in [0.5, 0.6) is 0 Å². The topological polar surface area (TPSA) is 152 Å². The zero-order chi connectivity index (χ0) is 33.9. The van der Waals surface area contributed by atoms with Crippen molar-refractivity contribution in [3.05, 3.63) is 0 Å². The first-order chi connectivity index (χ1) is 23.0. The van der Waals surface area contributed by atoms with Gasteiger partial charge in [-0.15, -0.1) is 0 Å². The second kappa shape index (κ2) is 33.3. The summed E-state index contributed by atoms with van der Waals surface area (Å²) >= 11 is 0. The number of alkyl carbamates (subject to hydrolysis) is 1. The van der Waals surface area contributed by atoms with Gasteiger partial charge in [-0.2, -0.15) is 0 Å². The number of hydrogen-bond acceptors (Lipinski definition) is 14. The molecule has 0 aromatic rings. The van der Waals surface area contributed by atoms with Crippen LogP contribution in [0, 0.1) is 0 Å². The first-order valence-electron chi connectivity index (χ1n) is 17.0. The molecule has 1 amide bonds. The summed E-state index contributed by atoms with van der Waals surface area (Å²) in [7, 11) is 0. The molecule has 0 aromatic carbocycles. The lowest BCUT2D eigenvalue weighted by Crippen LogP contribution is -2.34. The van der Waals surface area contributed by atoms with E-state index in [-0.39, 0.29) is 0 Å². The van der Waals surface area contributed by atoms with Crippen molar-refractivity contribution < 1.29 is 61.6 Å². The largest absolute Gasteiger partial charge is 0.444 e. The van der Waals surface area contributed by atoms with Crippen molar-refractivity contribution in [3.8, 4) is 0 Å². The van der Waals surface area contributed by atoms with E-state index in [9.17, 15) is 4.79 Å². The zero-order valence-corrected chi connectivity index (χ0v) is 29.3. The van der Waals surface area contributed by atoms with E-state index >= 15 is 0 Å². The summed E-state index contributed by atoms with van der Waals surface area (Å²) < 4.78 is 65.6. The van der Waals surface area contributed by atoms with Crippen LogP contribution in [0.2, 0.25) is 0 Å². The van der Waals surface area contributed by atoms with E-state index in [1.54, 1.807) is 0 Å². The molecule has 2 N–H and O–H groups in total. The summed E-state index contributed by atoms with van der Waals surface area (Å²) in [6, 6.07) is 0. The third-order valence-corrected chi connectivity index (χ3v) is 6.13. The van der Waals surface area contributed by atoms with Gasteiger partial charge in [0.15, 0.2) is 0 Å². The highest BCUT2D eigenvalue weighted by atomic mass is 16.6. The summed E-state index contributed by atoms with van der Waals surface area (Å²) in [5, 5.41) is 5.96. The Bertz CT molecular complexity index is 667. The van der Waals surface area contributed by atoms with E-state index in [2.05, 4.69) is 10.6 Å². The van der Waals surface area contributed by atoms with Crippen molar-refractivity contribution in [1.82, 2.24) is 10.6 Å².